The summed E-state index contributed by atoms with van der Waals surface area (Å²) in [6.07, 6.45) is 8.68. The number of ether oxygens (including phenoxy) is 1. The molecule has 0 spiro atoms. The van der Waals surface area contributed by atoms with E-state index in [9.17, 15) is 9.90 Å². The molecule has 5 nitrogen and oxygen atoms in total. The van der Waals surface area contributed by atoms with Gasteiger partial charge in [-0.05, 0) is 56.1 Å². The van der Waals surface area contributed by atoms with Gasteiger partial charge in [-0.1, -0.05) is 38.2 Å². The highest BCUT2D eigenvalue weighted by Crippen LogP contribution is 2.20. The third-order valence-electron chi connectivity index (χ3n) is 4.59. The van der Waals surface area contributed by atoms with E-state index in [1.807, 2.05) is 13.1 Å². The molecule has 0 aromatic heterocycles. The predicted molar refractivity (Wildman–Crippen MR) is 95.2 cm³/mol. The number of phenolic OH excluding ortho intramolecular Hbond substituents is 1. The lowest BCUT2D eigenvalue weighted by atomic mass is 9.97. The second-order valence-electron chi connectivity index (χ2n) is 6.58. The van der Waals surface area contributed by atoms with E-state index in [2.05, 4.69) is 10.6 Å². The second kappa shape index (κ2) is 10.2. The molecule has 1 aromatic carbocycles. The van der Waals surface area contributed by atoms with Crippen LogP contribution in [0.2, 0.25) is 0 Å². The summed E-state index contributed by atoms with van der Waals surface area (Å²) < 4.78 is 5.35. The minimum Gasteiger partial charge on any atom is -0.508 e. The highest BCUT2D eigenvalue weighted by Gasteiger charge is 2.15. The molecule has 1 aliphatic carbocycles. The third kappa shape index (κ3) is 6.40. The number of hydrogen-bond donors (Lipinski definition) is 3. The monoisotopic (exact) mass is 334 g/mol. The van der Waals surface area contributed by atoms with Crippen molar-refractivity contribution in [2.24, 2.45) is 0 Å². The van der Waals surface area contributed by atoms with E-state index in [0.717, 1.165) is 36.9 Å². The Labute approximate surface area is 144 Å². The van der Waals surface area contributed by atoms with Crippen LogP contribution in [0.15, 0.2) is 18.2 Å². The van der Waals surface area contributed by atoms with Gasteiger partial charge in [0.15, 0.2) is 0 Å². The minimum absolute atomic E-state index is 0.228. The Morgan fingerprint density at radius 1 is 1.21 bits per heavy atom. The van der Waals surface area contributed by atoms with Crippen LogP contribution in [0.1, 0.15) is 56.1 Å². The Kier molecular flexibility index (Phi) is 7.89. The van der Waals surface area contributed by atoms with Crippen molar-refractivity contribution in [1.82, 2.24) is 10.6 Å². The van der Waals surface area contributed by atoms with E-state index in [4.69, 9.17) is 4.74 Å². The van der Waals surface area contributed by atoms with Crippen LogP contribution >= 0.6 is 0 Å². The van der Waals surface area contributed by atoms with Crippen LogP contribution in [0.5, 0.6) is 5.75 Å². The SMILES string of the molecule is CNCCc1cc(COC(=O)NC2CCCCCCC2)ccc1O. The second-order valence-corrected chi connectivity index (χ2v) is 6.58. The number of carbonyl (C=O) groups is 1. The molecule has 0 heterocycles. The first-order valence-corrected chi connectivity index (χ1v) is 9.07. The standard InChI is InChI=1S/C19H30N2O3/c1-20-12-11-16-13-15(9-10-18(16)22)14-24-19(23)21-17-7-5-3-2-4-6-8-17/h9-10,13,17,20,22H,2-8,11-12,14H2,1H3,(H,21,23). The number of nitrogens with one attached hydrogen (secondary N) is 2. The molecule has 134 valence electrons. The lowest BCUT2D eigenvalue weighted by molar-refractivity contribution is 0.133. The van der Waals surface area contributed by atoms with Gasteiger partial charge in [-0.15, -0.1) is 0 Å². The van der Waals surface area contributed by atoms with Crippen LogP contribution in [-0.4, -0.2) is 30.8 Å². The van der Waals surface area contributed by atoms with Gasteiger partial charge in [0, 0.05) is 6.04 Å². The maximum atomic E-state index is 12.0. The zero-order valence-electron chi connectivity index (χ0n) is 14.6. The lowest BCUT2D eigenvalue weighted by Gasteiger charge is -2.20. The smallest absolute Gasteiger partial charge is 0.407 e. The van der Waals surface area contributed by atoms with Gasteiger partial charge in [0.1, 0.15) is 12.4 Å². The first kappa shape index (κ1) is 18.6. The molecule has 1 saturated carbocycles. The summed E-state index contributed by atoms with van der Waals surface area (Å²) in [4.78, 5) is 12.0. The summed E-state index contributed by atoms with van der Waals surface area (Å²) in [5, 5.41) is 15.9. The van der Waals surface area contributed by atoms with Gasteiger partial charge < -0.3 is 20.5 Å². The van der Waals surface area contributed by atoms with Gasteiger partial charge in [-0.3, -0.25) is 0 Å². The van der Waals surface area contributed by atoms with E-state index in [1.165, 1.54) is 32.1 Å². The quantitative estimate of drug-likeness (QED) is 0.745. The number of benzene rings is 1. The van der Waals surface area contributed by atoms with Gasteiger partial charge in [0.05, 0.1) is 0 Å². The van der Waals surface area contributed by atoms with Crippen molar-refractivity contribution >= 4 is 6.09 Å². The Morgan fingerprint density at radius 3 is 2.62 bits per heavy atom. The summed E-state index contributed by atoms with van der Waals surface area (Å²) in [6.45, 7) is 1.02. The van der Waals surface area contributed by atoms with Crippen molar-refractivity contribution in [2.75, 3.05) is 13.6 Å². The predicted octanol–water partition coefficient (Wildman–Crippen LogP) is 3.49. The van der Waals surface area contributed by atoms with Crippen molar-refractivity contribution < 1.29 is 14.6 Å². The van der Waals surface area contributed by atoms with Crippen LogP contribution in [0, 0.1) is 0 Å². The molecule has 0 radical (unpaired) electrons. The highest BCUT2D eigenvalue weighted by atomic mass is 16.5. The Morgan fingerprint density at radius 2 is 1.92 bits per heavy atom. The number of carbonyl (C=O) groups excluding carboxylic acids is 1. The number of phenols is 1. The number of rotatable bonds is 6. The van der Waals surface area contributed by atoms with Crippen LogP contribution in [0.3, 0.4) is 0 Å². The van der Waals surface area contributed by atoms with Crippen molar-refractivity contribution in [3.63, 3.8) is 0 Å². The largest absolute Gasteiger partial charge is 0.508 e. The average molecular weight is 334 g/mol. The highest BCUT2D eigenvalue weighted by molar-refractivity contribution is 5.67. The molecule has 5 heteroatoms. The van der Waals surface area contributed by atoms with Gasteiger partial charge in [-0.2, -0.15) is 0 Å². The summed E-state index contributed by atoms with van der Waals surface area (Å²) in [7, 11) is 1.88. The molecule has 0 bridgehead atoms. The fourth-order valence-electron chi connectivity index (χ4n) is 3.15. The number of aromatic hydroxyl groups is 1. The Balaban J connectivity index is 1.80. The fraction of sp³-hybridized carbons (Fsp3) is 0.632. The van der Waals surface area contributed by atoms with E-state index < -0.39 is 0 Å². The van der Waals surface area contributed by atoms with Crippen LogP contribution in [0.4, 0.5) is 4.79 Å². The molecule has 3 N–H and O–H groups in total. The zero-order valence-corrected chi connectivity index (χ0v) is 14.6. The first-order chi connectivity index (χ1) is 11.7. The Bertz CT molecular complexity index is 511. The van der Waals surface area contributed by atoms with Crippen LogP contribution < -0.4 is 10.6 Å². The van der Waals surface area contributed by atoms with E-state index in [1.54, 1.807) is 12.1 Å². The van der Waals surface area contributed by atoms with E-state index in [0.29, 0.717) is 0 Å². The molecule has 1 aromatic rings. The normalized spacial score (nSPS) is 16.2. The maximum Gasteiger partial charge on any atom is 0.407 e. The van der Waals surface area contributed by atoms with Gasteiger partial charge in [0.25, 0.3) is 0 Å². The van der Waals surface area contributed by atoms with Crippen molar-refractivity contribution in [3.05, 3.63) is 29.3 Å². The maximum absolute atomic E-state index is 12.0. The Hall–Kier alpha value is -1.75. The fourth-order valence-corrected chi connectivity index (χ4v) is 3.15. The summed E-state index contributed by atoms with van der Waals surface area (Å²) in [6, 6.07) is 5.59. The molecule has 0 saturated heterocycles. The zero-order chi connectivity index (χ0) is 17.2. The number of alkyl carbamates (subject to hydrolysis) is 1. The van der Waals surface area contributed by atoms with Crippen LogP contribution in [0.25, 0.3) is 0 Å². The molecular weight excluding hydrogens is 304 g/mol. The van der Waals surface area contributed by atoms with E-state index in [-0.39, 0.29) is 24.5 Å². The number of likely N-dealkylation sites (N-methyl/N-ethyl adjacent to an activating group) is 1. The first-order valence-electron chi connectivity index (χ1n) is 9.07. The summed E-state index contributed by atoms with van der Waals surface area (Å²) >= 11 is 0. The molecule has 2 rings (SSSR count). The minimum atomic E-state index is -0.342. The molecule has 0 aliphatic heterocycles. The van der Waals surface area contributed by atoms with Crippen molar-refractivity contribution in [1.29, 1.82) is 0 Å². The topological polar surface area (TPSA) is 70.6 Å². The molecule has 1 fully saturated rings. The molecule has 0 unspecified atom stereocenters. The molecule has 1 aliphatic rings. The van der Waals surface area contributed by atoms with Gasteiger partial charge >= 0.3 is 6.09 Å². The number of amides is 1. The average Bonchev–Trinajstić information content (AvgIpc) is 2.55. The molecule has 0 atom stereocenters. The van der Waals surface area contributed by atoms with E-state index >= 15 is 0 Å². The molecular formula is C19H30N2O3. The molecule has 24 heavy (non-hydrogen) atoms. The third-order valence-corrected chi connectivity index (χ3v) is 4.59. The summed E-state index contributed by atoms with van der Waals surface area (Å²) in [5.41, 5.74) is 1.76. The van der Waals surface area contributed by atoms with Crippen molar-refractivity contribution in [3.8, 4) is 5.75 Å². The molecule has 1 amide bonds. The van der Waals surface area contributed by atoms with Gasteiger partial charge in [-0.25, -0.2) is 4.79 Å². The number of hydrogen-bond acceptors (Lipinski definition) is 4. The van der Waals surface area contributed by atoms with Crippen LogP contribution in [-0.2, 0) is 17.8 Å². The summed E-state index contributed by atoms with van der Waals surface area (Å²) in [5.74, 6) is 0.285. The van der Waals surface area contributed by atoms with Crippen molar-refractivity contribution in [2.45, 2.75) is 64.0 Å². The van der Waals surface area contributed by atoms with Gasteiger partial charge in [0.2, 0.25) is 0 Å². The lowest BCUT2D eigenvalue weighted by Crippen LogP contribution is -2.35.